The van der Waals surface area contributed by atoms with E-state index >= 15 is 0 Å². The highest BCUT2D eigenvalue weighted by atomic mass is 79.9. The van der Waals surface area contributed by atoms with E-state index in [4.69, 9.17) is 4.42 Å². The highest BCUT2D eigenvalue weighted by molar-refractivity contribution is 9.10. The van der Waals surface area contributed by atoms with Crippen molar-refractivity contribution >= 4 is 39.3 Å². The third kappa shape index (κ3) is 5.17. The quantitative estimate of drug-likeness (QED) is 0.575. The summed E-state index contributed by atoms with van der Waals surface area (Å²) < 4.78 is 6.58. The van der Waals surface area contributed by atoms with Crippen LogP contribution in [-0.2, 0) is 4.79 Å². The zero-order valence-corrected chi connectivity index (χ0v) is 15.9. The van der Waals surface area contributed by atoms with Gasteiger partial charge in [-0.15, -0.1) is 10.2 Å². The minimum absolute atomic E-state index is 0.0388. The maximum Gasteiger partial charge on any atom is 0.276 e. The van der Waals surface area contributed by atoms with Gasteiger partial charge >= 0.3 is 0 Å². The molecule has 0 radical (unpaired) electrons. The number of hydrogen-bond donors (Lipinski definition) is 1. The summed E-state index contributed by atoms with van der Waals surface area (Å²) in [5, 5.41) is 11.4. The summed E-state index contributed by atoms with van der Waals surface area (Å²) in [7, 11) is 0. The van der Waals surface area contributed by atoms with Crippen molar-refractivity contribution in [3.05, 3.63) is 58.6 Å². The lowest BCUT2D eigenvalue weighted by molar-refractivity contribution is -0.115. The zero-order chi connectivity index (χ0) is 17.6. The Bertz CT molecular complexity index is 865. The Balaban J connectivity index is 1.49. The smallest absolute Gasteiger partial charge is 0.276 e. The van der Waals surface area contributed by atoms with Crippen molar-refractivity contribution < 1.29 is 9.21 Å². The van der Waals surface area contributed by atoms with Crippen LogP contribution in [0.5, 0.6) is 0 Å². The molecule has 0 atom stereocenters. The van der Waals surface area contributed by atoms with Crippen molar-refractivity contribution in [2.24, 2.45) is 0 Å². The van der Waals surface area contributed by atoms with Crippen LogP contribution in [0.25, 0.3) is 11.5 Å². The van der Waals surface area contributed by atoms with Gasteiger partial charge in [0.15, 0.2) is 0 Å². The van der Waals surface area contributed by atoms with E-state index in [1.165, 1.54) is 11.8 Å². The Kier molecular flexibility index (Phi) is 5.88. The van der Waals surface area contributed by atoms with Gasteiger partial charge in [-0.25, -0.2) is 0 Å². The summed E-state index contributed by atoms with van der Waals surface area (Å²) in [4.78, 5) is 12.0. The Morgan fingerprint density at radius 2 is 2.00 bits per heavy atom. The SMILES string of the molecule is Cc1ccc(NC(=O)CCSc2nnc(-c3cccc(Br)c3)o2)cc1. The number of thioether (sulfide) groups is 1. The van der Waals surface area contributed by atoms with Gasteiger partial charge in [-0.1, -0.05) is 51.5 Å². The molecule has 1 N–H and O–H groups in total. The van der Waals surface area contributed by atoms with Crippen molar-refractivity contribution in [2.75, 3.05) is 11.1 Å². The Labute approximate surface area is 158 Å². The fourth-order valence-corrected chi connectivity index (χ4v) is 3.20. The standard InChI is InChI=1S/C18H16BrN3O2S/c1-12-5-7-15(8-6-12)20-16(23)9-10-25-18-22-21-17(24-18)13-3-2-4-14(19)11-13/h2-8,11H,9-10H2,1H3,(H,20,23). The van der Waals surface area contributed by atoms with E-state index in [1.54, 1.807) is 0 Å². The van der Waals surface area contributed by atoms with Crippen LogP contribution in [0.2, 0.25) is 0 Å². The van der Waals surface area contributed by atoms with Gasteiger partial charge in [0, 0.05) is 27.9 Å². The number of anilines is 1. The summed E-state index contributed by atoms with van der Waals surface area (Å²) in [6.07, 6.45) is 0.368. The van der Waals surface area contributed by atoms with Gasteiger partial charge < -0.3 is 9.73 Å². The van der Waals surface area contributed by atoms with Gasteiger partial charge in [0.05, 0.1) is 0 Å². The molecule has 0 aliphatic heterocycles. The molecule has 25 heavy (non-hydrogen) atoms. The summed E-state index contributed by atoms with van der Waals surface area (Å²) >= 11 is 4.78. The molecule has 3 rings (SSSR count). The first-order valence-electron chi connectivity index (χ1n) is 7.69. The largest absolute Gasteiger partial charge is 0.411 e. The molecule has 3 aromatic rings. The van der Waals surface area contributed by atoms with Crippen LogP contribution in [0.4, 0.5) is 5.69 Å². The van der Waals surface area contributed by atoms with E-state index in [-0.39, 0.29) is 5.91 Å². The minimum atomic E-state index is -0.0388. The highest BCUT2D eigenvalue weighted by Crippen LogP contribution is 2.25. The number of carbonyl (C=O) groups excluding carboxylic acids is 1. The fraction of sp³-hybridized carbons (Fsp3) is 0.167. The molecule has 0 spiro atoms. The lowest BCUT2D eigenvalue weighted by Gasteiger charge is -2.04. The molecular formula is C18H16BrN3O2S. The molecule has 2 aromatic carbocycles. The number of amides is 1. The van der Waals surface area contributed by atoms with E-state index in [2.05, 4.69) is 31.4 Å². The van der Waals surface area contributed by atoms with E-state index in [0.29, 0.717) is 23.3 Å². The summed E-state index contributed by atoms with van der Waals surface area (Å²) in [6, 6.07) is 15.4. The van der Waals surface area contributed by atoms with Crippen LogP contribution in [0, 0.1) is 6.92 Å². The maximum absolute atomic E-state index is 12.0. The predicted molar refractivity (Wildman–Crippen MR) is 103 cm³/mol. The van der Waals surface area contributed by atoms with Crippen molar-refractivity contribution in [1.82, 2.24) is 10.2 Å². The Morgan fingerprint density at radius 1 is 1.20 bits per heavy atom. The molecule has 0 fully saturated rings. The molecule has 5 nitrogen and oxygen atoms in total. The maximum atomic E-state index is 12.0. The number of aromatic nitrogens is 2. The number of rotatable bonds is 6. The van der Waals surface area contributed by atoms with Gasteiger partial charge in [0.2, 0.25) is 11.8 Å². The van der Waals surface area contributed by atoms with Crippen LogP contribution >= 0.6 is 27.7 Å². The second kappa shape index (κ2) is 8.31. The van der Waals surface area contributed by atoms with Gasteiger partial charge in [-0.2, -0.15) is 0 Å². The molecular weight excluding hydrogens is 402 g/mol. The second-order valence-electron chi connectivity index (χ2n) is 5.40. The third-order valence-corrected chi connectivity index (χ3v) is 4.68. The van der Waals surface area contributed by atoms with Crippen LogP contribution in [-0.4, -0.2) is 21.9 Å². The molecule has 0 unspecified atom stereocenters. The van der Waals surface area contributed by atoms with Gasteiger partial charge in [0.25, 0.3) is 5.22 Å². The normalized spacial score (nSPS) is 10.6. The van der Waals surface area contributed by atoms with Crippen molar-refractivity contribution in [1.29, 1.82) is 0 Å². The van der Waals surface area contributed by atoms with Crippen LogP contribution < -0.4 is 5.32 Å². The van der Waals surface area contributed by atoms with Crippen LogP contribution in [0.15, 0.2) is 62.6 Å². The lowest BCUT2D eigenvalue weighted by atomic mass is 10.2. The molecule has 0 saturated carbocycles. The Hall–Kier alpha value is -2.12. The second-order valence-corrected chi connectivity index (χ2v) is 7.36. The number of nitrogens with zero attached hydrogens (tertiary/aromatic N) is 2. The molecule has 0 saturated heterocycles. The number of hydrogen-bond acceptors (Lipinski definition) is 5. The topological polar surface area (TPSA) is 68.0 Å². The molecule has 0 bridgehead atoms. The summed E-state index contributed by atoms with van der Waals surface area (Å²) in [5.41, 5.74) is 2.81. The number of aryl methyl sites for hydroxylation is 1. The van der Waals surface area contributed by atoms with Gasteiger partial charge in [-0.3, -0.25) is 4.79 Å². The third-order valence-electron chi connectivity index (χ3n) is 3.37. The number of halogens is 1. The predicted octanol–water partition coefficient (Wildman–Crippen LogP) is 4.93. The van der Waals surface area contributed by atoms with Crippen molar-refractivity contribution in [3.8, 4) is 11.5 Å². The van der Waals surface area contributed by atoms with Crippen molar-refractivity contribution in [3.63, 3.8) is 0 Å². The first-order chi connectivity index (χ1) is 12.1. The monoisotopic (exact) mass is 417 g/mol. The fourth-order valence-electron chi connectivity index (χ4n) is 2.10. The van der Waals surface area contributed by atoms with Gasteiger partial charge in [-0.05, 0) is 37.3 Å². The number of nitrogens with one attached hydrogen (secondary N) is 1. The average molecular weight is 418 g/mol. The van der Waals surface area contributed by atoms with E-state index < -0.39 is 0 Å². The number of benzene rings is 2. The van der Waals surface area contributed by atoms with Gasteiger partial charge in [0.1, 0.15) is 0 Å². The Morgan fingerprint density at radius 3 is 2.76 bits per heavy atom. The summed E-state index contributed by atoms with van der Waals surface area (Å²) in [6.45, 7) is 2.01. The first-order valence-corrected chi connectivity index (χ1v) is 9.47. The van der Waals surface area contributed by atoms with Crippen LogP contribution in [0.1, 0.15) is 12.0 Å². The average Bonchev–Trinajstić information content (AvgIpc) is 3.06. The van der Waals surface area contributed by atoms with E-state index in [1.807, 2.05) is 55.5 Å². The molecule has 0 aliphatic rings. The highest BCUT2D eigenvalue weighted by Gasteiger charge is 2.10. The minimum Gasteiger partial charge on any atom is -0.411 e. The number of carbonyl (C=O) groups is 1. The van der Waals surface area contributed by atoms with Crippen LogP contribution in [0.3, 0.4) is 0 Å². The lowest BCUT2D eigenvalue weighted by Crippen LogP contribution is -2.12. The molecule has 0 aliphatic carbocycles. The van der Waals surface area contributed by atoms with E-state index in [9.17, 15) is 4.79 Å². The zero-order valence-electron chi connectivity index (χ0n) is 13.5. The molecule has 1 aromatic heterocycles. The first kappa shape index (κ1) is 17.7. The molecule has 7 heteroatoms. The van der Waals surface area contributed by atoms with Crippen molar-refractivity contribution in [2.45, 2.75) is 18.6 Å². The molecule has 1 heterocycles. The molecule has 128 valence electrons. The van der Waals surface area contributed by atoms with E-state index in [0.717, 1.165) is 21.3 Å². The molecule has 1 amide bonds. The summed E-state index contributed by atoms with van der Waals surface area (Å²) in [5.74, 6) is 0.994.